The van der Waals surface area contributed by atoms with E-state index in [0.29, 0.717) is 42.4 Å². The molecule has 1 N–H and O–H groups in total. The van der Waals surface area contributed by atoms with Gasteiger partial charge in [0.25, 0.3) is 5.91 Å². The molecule has 1 fully saturated rings. The molecule has 7 heteroatoms. The number of nitrogens with zero attached hydrogens (tertiary/aromatic N) is 1. The number of hydrogen-bond acceptors (Lipinski definition) is 5. The normalized spacial score (nSPS) is 18.1. The third-order valence-corrected chi connectivity index (χ3v) is 5.12. The van der Waals surface area contributed by atoms with Gasteiger partial charge in [-0.1, -0.05) is 30.5 Å². The lowest BCUT2D eigenvalue weighted by Gasteiger charge is -2.25. The Morgan fingerprint density at radius 3 is 2.52 bits per heavy atom. The van der Waals surface area contributed by atoms with Gasteiger partial charge in [-0.25, -0.2) is 0 Å². The van der Waals surface area contributed by atoms with Gasteiger partial charge in [0, 0.05) is 18.5 Å². The largest absolute Gasteiger partial charge is 0.872 e. The van der Waals surface area contributed by atoms with Crippen molar-refractivity contribution in [3.8, 4) is 5.75 Å². The van der Waals surface area contributed by atoms with Crippen LogP contribution in [0.3, 0.4) is 0 Å². The fraction of sp³-hybridized carbons (Fsp3) is 0.333. The van der Waals surface area contributed by atoms with E-state index in [9.17, 15) is 14.7 Å². The maximum Gasteiger partial charge on any atom is 0.295 e. The van der Waals surface area contributed by atoms with Crippen molar-refractivity contribution in [1.29, 1.82) is 0 Å². The van der Waals surface area contributed by atoms with Crippen LogP contribution in [0, 0.1) is 6.92 Å². The predicted octanol–water partition coefficient (Wildman–Crippen LogP) is 0.911. The van der Waals surface area contributed by atoms with Crippen LogP contribution in [0.2, 0.25) is 0 Å². The Balaban J connectivity index is 1.99. The molecule has 0 bridgehead atoms. The van der Waals surface area contributed by atoms with Crippen LogP contribution < -0.4 is 14.7 Å². The van der Waals surface area contributed by atoms with Crippen LogP contribution in [0.5, 0.6) is 5.75 Å². The molecule has 1 aliphatic rings. The molecule has 1 aromatic carbocycles. The zero-order valence-corrected chi connectivity index (χ0v) is 18.1. The van der Waals surface area contributed by atoms with Crippen LogP contribution in [-0.4, -0.2) is 50.4 Å². The summed E-state index contributed by atoms with van der Waals surface area (Å²) in [4.78, 5) is 28.4. The summed E-state index contributed by atoms with van der Waals surface area (Å²) in [7, 11) is 4.04. The average molecular weight is 424 g/mol. The molecule has 0 radical (unpaired) electrons. The summed E-state index contributed by atoms with van der Waals surface area (Å²) in [5.74, 6) is -0.261. The Labute approximate surface area is 182 Å². The highest BCUT2D eigenvalue weighted by molar-refractivity contribution is 6.46. The maximum atomic E-state index is 13.3. The van der Waals surface area contributed by atoms with E-state index in [1.54, 1.807) is 49.4 Å². The van der Waals surface area contributed by atoms with Crippen LogP contribution in [0.25, 0.3) is 5.76 Å². The second-order valence-corrected chi connectivity index (χ2v) is 7.86. The van der Waals surface area contributed by atoms with Crippen LogP contribution >= 0.6 is 0 Å². The first-order valence-corrected chi connectivity index (χ1v) is 10.3. The number of nitrogens with one attached hydrogen (secondary N) is 1. The maximum absolute atomic E-state index is 13.3. The molecule has 164 valence electrons. The van der Waals surface area contributed by atoms with Gasteiger partial charge < -0.3 is 24.1 Å². The van der Waals surface area contributed by atoms with Crippen LogP contribution in [0.15, 0.2) is 59.0 Å². The number of carbonyl (C=O) groups excluding carboxylic acids is 2. The lowest BCUT2D eigenvalue weighted by atomic mass is 9.99. The fourth-order valence-corrected chi connectivity index (χ4v) is 3.61. The summed E-state index contributed by atoms with van der Waals surface area (Å²) in [5.41, 5.74) is 0.242. The zero-order chi connectivity index (χ0) is 22.5. The number of likely N-dealkylation sites (tertiary alicyclic amines) is 1. The molecule has 7 nitrogen and oxygen atoms in total. The molecule has 31 heavy (non-hydrogen) atoms. The van der Waals surface area contributed by atoms with Gasteiger partial charge in [0.2, 0.25) is 5.78 Å². The number of Topliss-reactive ketones (excluding diaryl/α,β-unsaturated/α-hetero) is 1. The highest BCUT2D eigenvalue weighted by Gasteiger charge is 2.45. The van der Waals surface area contributed by atoms with Crippen molar-refractivity contribution in [3.05, 3.63) is 71.7 Å². The molecule has 2 heterocycles. The van der Waals surface area contributed by atoms with Crippen molar-refractivity contribution in [1.82, 2.24) is 4.90 Å². The first-order valence-electron chi connectivity index (χ1n) is 10.3. The number of carbonyl (C=O) groups is 2. The summed E-state index contributed by atoms with van der Waals surface area (Å²) in [6.45, 7) is 6.93. The zero-order valence-electron chi connectivity index (χ0n) is 18.1. The molecule has 0 saturated carbocycles. The molecular formula is C24H28N2O5. The molecule has 3 rings (SSSR count). The minimum absolute atomic E-state index is 0.0729. The minimum atomic E-state index is -0.824. The van der Waals surface area contributed by atoms with Crippen molar-refractivity contribution in [3.63, 3.8) is 0 Å². The molecule has 0 aliphatic carbocycles. The van der Waals surface area contributed by atoms with Gasteiger partial charge in [0.05, 0.1) is 20.6 Å². The van der Waals surface area contributed by atoms with Gasteiger partial charge in [-0.05, 0) is 36.8 Å². The van der Waals surface area contributed by atoms with Crippen molar-refractivity contribution in [2.45, 2.75) is 19.4 Å². The Morgan fingerprint density at radius 2 is 1.94 bits per heavy atom. The van der Waals surface area contributed by atoms with Crippen molar-refractivity contribution in [2.75, 3.05) is 33.8 Å². The molecule has 1 unspecified atom stereocenters. The highest BCUT2D eigenvalue weighted by Crippen LogP contribution is 2.39. The van der Waals surface area contributed by atoms with Gasteiger partial charge in [-0.3, -0.25) is 9.59 Å². The summed E-state index contributed by atoms with van der Waals surface area (Å²) in [6.07, 6.45) is 2.33. The number of ketones is 1. The standard InChI is InChI=1S/C24H28N2O5/c1-5-15-30-18-10-8-17(9-11-18)22(27)20-21(19-12-7-16(2)31-19)26(24(29)23(20)28)14-6-13-25(3)4/h5,7-12,21,27H,1,6,13-15H2,2-4H3. The number of rotatable bonds is 9. The Morgan fingerprint density at radius 1 is 1.23 bits per heavy atom. The average Bonchev–Trinajstić information content (AvgIpc) is 3.28. The van der Waals surface area contributed by atoms with Gasteiger partial charge in [0.15, 0.2) is 0 Å². The predicted molar refractivity (Wildman–Crippen MR) is 114 cm³/mol. The third kappa shape index (κ3) is 4.88. The molecule has 1 amide bonds. The van der Waals surface area contributed by atoms with Crippen molar-refractivity contribution in [2.24, 2.45) is 0 Å². The molecule has 1 saturated heterocycles. The number of ether oxygens (including phenoxy) is 1. The van der Waals surface area contributed by atoms with Gasteiger partial charge >= 0.3 is 0 Å². The van der Waals surface area contributed by atoms with Gasteiger partial charge in [-0.15, -0.1) is 0 Å². The smallest absolute Gasteiger partial charge is 0.295 e. The second kappa shape index (κ2) is 9.66. The van der Waals surface area contributed by atoms with Crippen molar-refractivity contribution >= 4 is 17.4 Å². The number of amides is 1. The number of furan rings is 1. The molecular weight excluding hydrogens is 396 g/mol. The van der Waals surface area contributed by atoms with E-state index in [-0.39, 0.29) is 5.57 Å². The third-order valence-electron chi connectivity index (χ3n) is 5.12. The lowest BCUT2D eigenvalue weighted by molar-refractivity contribution is -0.858. The number of quaternary nitrogens is 1. The first-order chi connectivity index (χ1) is 14.8. The van der Waals surface area contributed by atoms with E-state index in [1.165, 1.54) is 9.80 Å². The monoisotopic (exact) mass is 424 g/mol. The van der Waals surface area contributed by atoms with Gasteiger partial charge in [0.1, 0.15) is 29.9 Å². The topological polar surface area (TPSA) is 87.2 Å². The molecule has 1 aromatic heterocycles. The minimum Gasteiger partial charge on any atom is -0.872 e. The van der Waals surface area contributed by atoms with Gasteiger partial charge in [-0.2, -0.15) is 0 Å². The van der Waals surface area contributed by atoms with E-state index in [4.69, 9.17) is 9.15 Å². The molecule has 1 atom stereocenters. The van der Waals surface area contributed by atoms with Crippen LogP contribution in [0.4, 0.5) is 0 Å². The first kappa shape index (κ1) is 22.4. The SMILES string of the molecule is C=CCOc1ccc(C([O-])=C2C(=O)C(=O)N(CCC[NH+](C)C)C2c2ccc(C)o2)cc1. The number of hydrogen-bond donors (Lipinski definition) is 1. The Hall–Kier alpha value is -3.32. The molecule has 1 aliphatic heterocycles. The van der Waals surface area contributed by atoms with E-state index in [2.05, 4.69) is 6.58 Å². The number of aryl methyl sites for hydroxylation is 1. The Kier molecular flexibility index (Phi) is 6.97. The summed E-state index contributed by atoms with van der Waals surface area (Å²) < 4.78 is 11.2. The molecule has 0 spiro atoms. The highest BCUT2D eigenvalue weighted by atomic mass is 16.5. The summed E-state index contributed by atoms with van der Waals surface area (Å²) in [5, 5.41) is 13.3. The summed E-state index contributed by atoms with van der Waals surface area (Å²) in [6, 6.07) is 9.15. The van der Waals surface area contributed by atoms with E-state index < -0.39 is 23.5 Å². The Bertz CT molecular complexity index is 988. The van der Waals surface area contributed by atoms with E-state index in [0.717, 1.165) is 6.54 Å². The van der Waals surface area contributed by atoms with E-state index in [1.807, 2.05) is 14.1 Å². The quantitative estimate of drug-likeness (QED) is 0.280. The van der Waals surface area contributed by atoms with Crippen LogP contribution in [0.1, 0.15) is 29.5 Å². The second-order valence-electron chi connectivity index (χ2n) is 7.86. The summed E-state index contributed by atoms with van der Waals surface area (Å²) >= 11 is 0. The van der Waals surface area contributed by atoms with Crippen molar-refractivity contribution < 1.29 is 28.7 Å². The van der Waals surface area contributed by atoms with E-state index >= 15 is 0 Å². The fourth-order valence-electron chi connectivity index (χ4n) is 3.61. The molecule has 2 aromatic rings. The van der Waals surface area contributed by atoms with Crippen LogP contribution in [-0.2, 0) is 9.59 Å². The number of benzene rings is 1. The lowest BCUT2D eigenvalue weighted by Crippen LogP contribution is -3.05.